The van der Waals surface area contributed by atoms with E-state index in [0.29, 0.717) is 6.04 Å². The van der Waals surface area contributed by atoms with Crippen molar-refractivity contribution >= 4 is 43.5 Å². The monoisotopic (exact) mass is 415 g/mol. The summed E-state index contributed by atoms with van der Waals surface area (Å²) in [6, 6.07) is 14.9. The standard InChI is InChI=1S/C16H16Br2ClN/c1-11(8-12-2-5-14(17)6-3-12)20-10-13-4-7-15(18)16(19)9-13/h2-7,9,11,20H,8,10H2,1H3. The smallest absolute Gasteiger partial charge is 0.0551 e. The molecule has 4 heteroatoms. The Morgan fingerprint density at radius 1 is 1.05 bits per heavy atom. The maximum atomic E-state index is 6.09. The van der Waals surface area contributed by atoms with Crippen molar-refractivity contribution in [2.24, 2.45) is 0 Å². The summed E-state index contributed by atoms with van der Waals surface area (Å²) in [5, 5.41) is 4.28. The van der Waals surface area contributed by atoms with E-state index in [1.807, 2.05) is 12.1 Å². The molecule has 0 saturated heterocycles. The molecule has 0 bridgehead atoms. The fourth-order valence-corrected chi connectivity index (χ4v) is 2.70. The van der Waals surface area contributed by atoms with Gasteiger partial charge < -0.3 is 5.32 Å². The Kier molecular flexibility index (Phi) is 6.09. The van der Waals surface area contributed by atoms with Crippen LogP contribution in [-0.4, -0.2) is 6.04 Å². The molecule has 0 aliphatic rings. The van der Waals surface area contributed by atoms with Gasteiger partial charge >= 0.3 is 0 Å². The molecule has 2 rings (SSSR count). The van der Waals surface area contributed by atoms with Gasteiger partial charge in [0.05, 0.1) is 5.02 Å². The minimum absolute atomic E-state index is 0.415. The molecule has 1 unspecified atom stereocenters. The summed E-state index contributed by atoms with van der Waals surface area (Å²) in [6.07, 6.45) is 1.01. The molecule has 1 N–H and O–H groups in total. The molecule has 2 aromatic rings. The Morgan fingerprint density at radius 2 is 1.70 bits per heavy atom. The minimum atomic E-state index is 0.415. The Labute approximate surface area is 142 Å². The van der Waals surface area contributed by atoms with Crippen LogP contribution in [0.25, 0.3) is 0 Å². The third-order valence-corrected chi connectivity index (χ3v) is 4.85. The first kappa shape index (κ1) is 16.0. The van der Waals surface area contributed by atoms with Crippen LogP contribution < -0.4 is 5.32 Å². The van der Waals surface area contributed by atoms with Crippen molar-refractivity contribution in [1.82, 2.24) is 5.32 Å². The Bertz CT molecular complexity index is 569. The molecule has 0 aliphatic heterocycles. The van der Waals surface area contributed by atoms with Crippen LogP contribution in [0.15, 0.2) is 51.4 Å². The molecule has 1 nitrogen and oxygen atoms in total. The van der Waals surface area contributed by atoms with Crippen molar-refractivity contribution < 1.29 is 0 Å². The number of benzene rings is 2. The molecule has 0 aromatic heterocycles. The SMILES string of the molecule is CC(Cc1ccc(Br)cc1)NCc1ccc(Br)c(Cl)c1. The van der Waals surface area contributed by atoms with Crippen molar-refractivity contribution in [2.75, 3.05) is 0 Å². The lowest BCUT2D eigenvalue weighted by Gasteiger charge is -2.14. The molecular weight excluding hydrogens is 401 g/mol. The lowest BCUT2D eigenvalue weighted by molar-refractivity contribution is 0.545. The van der Waals surface area contributed by atoms with Gasteiger partial charge in [-0.05, 0) is 64.7 Å². The second-order valence-electron chi connectivity index (χ2n) is 4.86. The van der Waals surface area contributed by atoms with Gasteiger partial charge in [-0.25, -0.2) is 0 Å². The molecule has 0 spiro atoms. The van der Waals surface area contributed by atoms with Crippen molar-refractivity contribution in [3.8, 4) is 0 Å². The first-order valence-corrected chi connectivity index (χ1v) is 8.43. The first-order chi connectivity index (χ1) is 9.54. The van der Waals surface area contributed by atoms with Crippen LogP contribution in [0.1, 0.15) is 18.1 Å². The molecule has 1 atom stereocenters. The minimum Gasteiger partial charge on any atom is -0.310 e. The second kappa shape index (κ2) is 7.60. The van der Waals surface area contributed by atoms with E-state index >= 15 is 0 Å². The quantitative estimate of drug-likeness (QED) is 0.669. The third kappa shape index (κ3) is 4.88. The third-order valence-electron chi connectivity index (χ3n) is 3.09. The van der Waals surface area contributed by atoms with Crippen LogP contribution in [0, 0.1) is 0 Å². The number of rotatable bonds is 5. The molecular formula is C16H16Br2ClN. The van der Waals surface area contributed by atoms with Crippen molar-refractivity contribution in [1.29, 1.82) is 0 Å². The van der Waals surface area contributed by atoms with Gasteiger partial charge in [0.15, 0.2) is 0 Å². The lowest BCUT2D eigenvalue weighted by Crippen LogP contribution is -2.27. The number of hydrogen-bond donors (Lipinski definition) is 1. The second-order valence-corrected chi connectivity index (χ2v) is 7.04. The van der Waals surface area contributed by atoms with E-state index in [1.165, 1.54) is 11.1 Å². The molecule has 0 saturated carbocycles. The van der Waals surface area contributed by atoms with Gasteiger partial charge in [0.25, 0.3) is 0 Å². The maximum absolute atomic E-state index is 6.09. The molecule has 0 heterocycles. The largest absolute Gasteiger partial charge is 0.310 e. The van der Waals surface area contributed by atoms with Gasteiger partial charge in [-0.15, -0.1) is 0 Å². The zero-order valence-electron chi connectivity index (χ0n) is 11.2. The van der Waals surface area contributed by atoms with Gasteiger partial charge in [0, 0.05) is 21.5 Å². The van der Waals surface area contributed by atoms with Gasteiger partial charge in [-0.2, -0.15) is 0 Å². The Balaban J connectivity index is 1.86. The maximum Gasteiger partial charge on any atom is 0.0551 e. The van der Waals surface area contributed by atoms with Crippen LogP contribution in [-0.2, 0) is 13.0 Å². The summed E-state index contributed by atoms with van der Waals surface area (Å²) in [4.78, 5) is 0. The predicted octanol–water partition coefficient (Wildman–Crippen LogP) is 5.59. The van der Waals surface area contributed by atoms with Crippen LogP contribution in [0.3, 0.4) is 0 Å². The highest BCUT2D eigenvalue weighted by Gasteiger charge is 2.04. The first-order valence-electron chi connectivity index (χ1n) is 6.46. The van der Waals surface area contributed by atoms with E-state index in [9.17, 15) is 0 Å². The fraction of sp³-hybridized carbons (Fsp3) is 0.250. The van der Waals surface area contributed by atoms with Crippen LogP contribution in [0.4, 0.5) is 0 Å². The molecule has 2 aromatic carbocycles. The van der Waals surface area contributed by atoms with Crippen LogP contribution in [0.5, 0.6) is 0 Å². The number of nitrogens with one attached hydrogen (secondary N) is 1. The highest BCUT2D eigenvalue weighted by atomic mass is 79.9. The van der Waals surface area contributed by atoms with Crippen molar-refractivity contribution in [3.63, 3.8) is 0 Å². The van der Waals surface area contributed by atoms with Gasteiger partial charge in [0.1, 0.15) is 0 Å². The molecule has 106 valence electrons. The summed E-state index contributed by atoms with van der Waals surface area (Å²) >= 11 is 13.0. The summed E-state index contributed by atoms with van der Waals surface area (Å²) < 4.78 is 2.05. The highest BCUT2D eigenvalue weighted by molar-refractivity contribution is 9.10. The Hall–Kier alpha value is -0.350. The Morgan fingerprint density at radius 3 is 2.35 bits per heavy atom. The van der Waals surface area contributed by atoms with E-state index < -0.39 is 0 Å². The zero-order chi connectivity index (χ0) is 14.5. The van der Waals surface area contributed by atoms with Gasteiger partial charge in [-0.3, -0.25) is 0 Å². The molecule has 0 radical (unpaired) electrons. The summed E-state index contributed by atoms with van der Waals surface area (Å²) in [5.74, 6) is 0. The zero-order valence-corrected chi connectivity index (χ0v) is 15.1. The van der Waals surface area contributed by atoms with Crippen molar-refractivity contribution in [3.05, 3.63) is 67.6 Å². The molecule has 0 aliphatic carbocycles. The van der Waals surface area contributed by atoms with E-state index in [-0.39, 0.29) is 0 Å². The summed E-state index contributed by atoms with van der Waals surface area (Å²) in [7, 11) is 0. The predicted molar refractivity (Wildman–Crippen MR) is 93.3 cm³/mol. The van der Waals surface area contributed by atoms with E-state index in [2.05, 4.69) is 74.4 Å². The fourth-order valence-electron chi connectivity index (χ4n) is 1.99. The molecule has 0 fully saturated rings. The highest BCUT2D eigenvalue weighted by Crippen LogP contribution is 2.23. The molecule has 0 amide bonds. The lowest BCUT2D eigenvalue weighted by atomic mass is 10.1. The topological polar surface area (TPSA) is 12.0 Å². The molecule has 20 heavy (non-hydrogen) atoms. The van der Waals surface area contributed by atoms with Gasteiger partial charge in [0.2, 0.25) is 0 Å². The average Bonchev–Trinajstić information content (AvgIpc) is 2.43. The summed E-state index contributed by atoms with van der Waals surface area (Å²) in [6.45, 7) is 3.02. The normalized spacial score (nSPS) is 12.4. The van der Waals surface area contributed by atoms with Gasteiger partial charge in [-0.1, -0.05) is 45.7 Å². The van der Waals surface area contributed by atoms with Crippen LogP contribution in [0.2, 0.25) is 5.02 Å². The van der Waals surface area contributed by atoms with E-state index in [0.717, 1.165) is 26.9 Å². The number of halogens is 3. The van der Waals surface area contributed by atoms with Crippen molar-refractivity contribution in [2.45, 2.75) is 25.9 Å². The average molecular weight is 418 g/mol. The summed E-state index contributed by atoms with van der Waals surface area (Å²) in [5.41, 5.74) is 2.53. The number of hydrogen-bond acceptors (Lipinski definition) is 1. The van der Waals surface area contributed by atoms with Crippen LogP contribution >= 0.6 is 43.5 Å². The van der Waals surface area contributed by atoms with E-state index in [1.54, 1.807) is 0 Å². The van der Waals surface area contributed by atoms with E-state index in [4.69, 9.17) is 11.6 Å².